The molecular weight excluding hydrogens is 275 g/mol. The average molecular weight is 287 g/mol. The number of carbonyl (C=O) groups is 2. The summed E-state index contributed by atoms with van der Waals surface area (Å²) in [5, 5.41) is 0.519. The van der Waals surface area contributed by atoms with E-state index in [-0.39, 0.29) is 18.1 Å². The van der Waals surface area contributed by atoms with Crippen LogP contribution in [0, 0.1) is 0 Å². The number of hydrogen-bond donors (Lipinski definition) is 0. The number of carbonyl (C=O) groups excluding carboxylic acids is 2. The van der Waals surface area contributed by atoms with Crippen LogP contribution in [0.5, 0.6) is 0 Å². The Kier molecular flexibility index (Phi) is 5.89. The fourth-order valence-electron chi connectivity index (χ4n) is 1.30. The van der Waals surface area contributed by atoms with Gasteiger partial charge in [0.15, 0.2) is 5.78 Å². The van der Waals surface area contributed by atoms with Crippen LogP contribution in [0.25, 0.3) is 6.08 Å². The molecule has 0 spiro atoms. The van der Waals surface area contributed by atoms with Gasteiger partial charge in [0.25, 0.3) is 0 Å². The first-order chi connectivity index (χ1) is 8.58. The molecule has 0 aliphatic heterocycles. The van der Waals surface area contributed by atoms with Gasteiger partial charge in [-0.3, -0.25) is 4.79 Å². The van der Waals surface area contributed by atoms with Crippen LogP contribution in [0.2, 0.25) is 5.02 Å². The molecule has 0 aliphatic carbocycles. The van der Waals surface area contributed by atoms with Gasteiger partial charge in [-0.15, -0.1) is 11.6 Å². The van der Waals surface area contributed by atoms with Gasteiger partial charge in [0.1, 0.15) is 5.57 Å². The number of ether oxygens (including phenoxy) is 1. The van der Waals surface area contributed by atoms with E-state index in [1.54, 1.807) is 31.2 Å². The summed E-state index contributed by atoms with van der Waals surface area (Å²) < 4.78 is 4.81. The second kappa shape index (κ2) is 7.19. The summed E-state index contributed by atoms with van der Waals surface area (Å²) in [4.78, 5) is 23.2. The maximum atomic E-state index is 11.6. The van der Waals surface area contributed by atoms with E-state index in [0.717, 1.165) is 0 Å². The molecule has 0 radical (unpaired) electrons. The summed E-state index contributed by atoms with van der Waals surface area (Å²) in [6.07, 6.45) is 1.43. The quantitative estimate of drug-likeness (QED) is 0.275. The zero-order valence-corrected chi connectivity index (χ0v) is 11.3. The molecule has 1 rings (SSSR count). The van der Waals surface area contributed by atoms with E-state index in [9.17, 15) is 9.59 Å². The van der Waals surface area contributed by atoms with Gasteiger partial charge in [0, 0.05) is 5.02 Å². The van der Waals surface area contributed by atoms with Gasteiger partial charge in [-0.2, -0.15) is 0 Å². The topological polar surface area (TPSA) is 43.4 Å². The molecule has 0 saturated carbocycles. The smallest absolute Gasteiger partial charge is 0.341 e. The Bertz CT molecular complexity index is 481. The van der Waals surface area contributed by atoms with Crippen molar-refractivity contribution in [2.45, 2.75) is 6.92 Å². The predicted octanol–water partition coefficient (Wildman–Crippen LogP) is 3.09. The first-order valence-electron chi connectivity index (χ1n) is 5.32. The first kappa shape index (κ1) is 14.7. The Morgan fingerprint density at radius 3 is 2.67 bits per heavy atom. The van der Waals surface area contributed by atoms with Crippen LogP contribution in [-0.4, -0.2) is 24.2 Å². The zero-order chi connectivity index (χ0) is 13.5. The highest BCUT2D eigenvalue weighted by atomic mass is 35.5. The van der Waals surface area contributed by atoms with E-state index in [0.29, 0.717) is 10.6 Å². The van der Waals surface area contributed by atoms with Crippen LogP contribution < -0.4 is 0 Å². The maximum Gasteiger partial charge on any atom is 0.341 e. The van der Waals surface area contributed by atoms with E-state index in [4.69, 9.17) is 27.9 Å². The Balaban J connectivity index is 3.10. The molecule has 0 N–H and O–H groups in total. The number of esters is 1. The monoisotopic (exact) mass is 286 g/mol. The van der Waals surface area contributed by atoms with Gasteiger partial charge >= 0.3 is 5.97 Å². The second-order valence-electron chi connectivity index (χ2n) is 3.39. The van der Waals surface area contributed by atoms with Crippen molar-refractivity contribution >= 4 is 41.0 Å². The van der Waals surface area contributed by atoms with Crippen LogP contribution in [0.15, 0.2) is 29.8 Å². The zero-order valence-electron chi connectivity index (χ0n) is 9.78. The number of Topliss-reactive ketones (excluding diaryl/α,β-unsaturated/α-hetero) is 1. The highest BCUT2D eigenvalue weighted by Gasteiger charge is 2.18. The second-order valence-corrected chi connectivity index (χ2v) is 4.09. The molecule has 0 unspecified atom stereocenters. The Morgan fingerprint density at radius 2 is 2.11 bits per heavy atom. The van der Waals surface area contributed by atoms with E-state index in [2.05, 4.69) is 0 Å². The fourth-order valence-corrected chi connectivity index (χ4v) is 1.64. The molecule has 0 aromatic heterocycles. The molecule has 5 heteroatoms. The van der Waals surface area contributed by atoms with Crippen LogP contribution in [0.1, 0.15) is 12.5 Å². The molecule has 18 heavy (non-hydrogen) atoms. The van der Waals surface area contributed by atoms with Crippen molar-refractivity contribution in [3.8, 4) is 0 Å². The number of halogens is 2. The lowest BCUT2D eigenvalue weighted by atomic mass is 10.1. The van der Waals surface area contributed by atoms with Gasteiger partial charge in [-0.1, -0.05) is 23.7 Å². The summed E-state index contributed by atoms with van der Waals surface area (Å²) in [5.41, 5.74) is 0.568. The third kappa shape index (κ3) is 4.17. The minimum atomic E-state index is -0.678. The molecule has 1 aromatic carbocycles. The minimum absolute atomic E-state index is 0.0749. The fraction of sp³-hybridized carbons (Fsp3) is 0.231. The van der Waals surface area contributed by atoms with E-state index >= 15 is 0 Å². The third-order valence-corrected chi connectivity index (χ3v) is 2.55. The predicted molar refractivity (Wildman–Crippen MR) is 71.8 cm³/mol. The van der Waals surface area contributed by atoms with Crippen molar-refractivity contribution in [1.82, 2.24) is 0 Å². The van der Waals surface area contributed by atoms with Gasteiger partial charge < -0.3 is 4.74 Å². The van der Waals surface area contributed by atoms with Crippen molar-refractivity contribution in [2.24, 2.45) is 0 Å². The maximum absolute atomic E-state index is 11.6. The number of benzene rings is 1. The summed E-state index contributed by atoms with van der Waals surface area (Å²) in [6.45, 7) is 1.86. The number of hydrogen-bond acceptors (Lipinski definition) is 3. The van der Waals surface area contributed by atoms with Crippen molar-refractivity contribution in [2.75, 3.05) is 12.5 Å². The summed E-state index contributed by atoms with van der Waals surface area (Å²) in [6, 6.07) is 6.79. The van der Waals surface area contributed by atoms with Crippen molar-refractivity contribution < 1.29 is 14.3 Å². The molecule has 0 aliphatic rings. The van der Waals surface area contributed by atoms with Gasteiger partial charge in [0.05, 0.1) is 12.5 Å². The Labute approximate surface area is 115 Å². The normalized spacial score (nSPS) is 11.2. The Morgan fingerprint density at radius 1 is 1.39 bits per heavy atom. The van der Waals surface area contributed by atoms with Crippen molar-refractivity contribution in [3.63, 3.8) is 0 Å². The lowest BCUT2D eigenvalue weighted by Crippen LogP contribution is -2.16. The summed E-state index contributed by atoms with van der Waals surface area (Å²) >= 11 is 11.3. The van der Waals surface area contributed by atoms with Crippen LogP contribution >= 0.6 is 23.2 Å². The lowest BCUT2D eigenvalue weighted by Gasteiger charge is -2.04. The molecule has 0 bridgehead atoms. The van der Waals surface area contributed by atoms with E-state index in [1.165, 1.54) is 6.08 Å². The van der Waals surface area contributed by atoms with Gasteiger partial charge in [0.2, 0.25) is 0 Å². The molecule has 0 amide bonds. The summed E-state index contributed by atoms with van der Waals surface area (Å²) in [5.74, 6) is -1.43. The molecule has 0 atom stereocenters. The van der Waals surface area contributed by atoms with Crippen LogP contribution in [0.4, 0.5) is 0 Å². The van der Waals surface area contributed by atoms with Crippen molar-refractivity contribution in [3.05, 3.63) is 40.4 Å². The largest absolute Gasteiger partial charge is 0.462 e. The minimum Gasteiger partial charge on any atom is -0.462 e. The van der Waals surface area contributed by atoms with Crippen molar-refractivity contribution in [1.29, 1.82) is 0 Å². The first-order valence-corrected chi connectivity index (χ1v) is 6.23. The van der Waals surface area contributed by atoms with Crippen LogP contribution in [-0.2, 0) is 14.3 Å². The molecule has 0 fully saturated rings. The van der Waals surface area contributed by atoms with Crippen LogP contribution in [0.3, 0.4) is 0 Å². The number of rotatable bonds is 5. The highest BCUT2D eigenvalue weighted by molar-refractivity contribution is 6.35. The lowest BCUT2D eigenvalue weighted by molar-refractivity contribution is -0.139. The number of alkyl halides is 1. The Hall–Kier alpha value is -1.32. The van der Waals surface area contributed by atoms with E-state index < -0.39 is 11.8 Å². The molecule has 1 aromatic rings. The summed E-state index contributed by atoms with van der Waals surface area (Å²) in [7, 11) is 0. The van der Waals surface area contributed by atoms with E-state index in [1.807, 2.05) is 0 Å². The highest BCUT2D eigenvalue weighted by Crippen LogP contribution is 2.15. The molecule has 3 nitrogen and oxygen atoms in total. The SMILES string of the molecule is CCOC(=O)/C(=C/c1cccc(Cl)c1)C(=O)CCl. The number of ketones is 1. The molecule has 0 saturated heterocycles. The third-order valence-electron chi connectivity index (χ3n) is 2.08. The molecule has 0 heterocycles. The van der Waals surface area contributed by atoms with Gasteiger partial charge in [-0.25, -0.2) is 4.79 Å². The molecular formula is C13H12Cl2O3. The van der Waals surface area contributed by atoms with Gasteiger partial charge in [-0.05, 0) is 30.7 Å². The standard InChI is InChI=1S/C13H12Cl2O3/c1-2-18-13(17)11(12(16)8-14)7-9-4-3-5-10(15)6-9/h3-7H,2,8H2,1H3/b11-7+. The average Bonchev–Trinajstić information content (AvgIpc) is 2.35. The molecule has 96 valence electrons.